The van der Waals surface area contributed by atoms with Gasteiger partial charge in [-0.3, -0.25) is 4.98 Å². The highest BCUT2D eigenvalue weighted by Crippen LogP contribution is 2.41. The minimum absolute atomic E-state index is 0.196. The fourth-order valence-electron chi connectivity index (χ4n) is 5.09. The fourth-order valence-corrected chi connectivity index (χ4v) is 5.22. The second-order valence-corrected chi connectivity index (χ2v) is 9.42. The Morgan fingerprint density at radius 2 is 1.81 bits per heavy atom. The lowest BCUT2D eigenvalue weighted by Crippen LogP contribution is -2.21. The van der Waals surface area contributed by atoms with E-state index in [-0.39, 0.29) is 5.82 Å². The number of nitrogens with zero attached hydrogens (tertiary/aromatic N) is 2. The van der Waals surface area contributed by atoms with Gasteiger partial charge in [-0.15, -0.1) is 0 Å². The quantitative estimate of drug-likeness (QED) is 0.312. The second-order valence-electron chi connectivity index (χ2n) is 8.98. The van der Waals surface area contributed by atoms with Crippen LogP contribution < -0.4 is 0 Å². The molecular weight excluding hydrogens is 423 g/mol. The van der Waals surface area contributed by atoms with Gasteiger partial charge in [0.15, 0.2) is 11.7 Å². The van der Waals surface area contributed by atoms with Crippen molar-refractivity contribution in [3.63, 3.8) is 0 Å². The number of fused-ring (bicyclic) bond motifs is 1. The third-order valence-electron chi connectivity index (χ3n) is 6.93. The largest absolute Gasteiger partial charge is 0.441 e. The zero-order valence-electron chi connectivity index (χ0n) is 18.1. The number of pyridine rings is 1. The molecule has 2 aromatic carbocycles. The summed E-state index contributed by atoms with van der Waals surface area (Å²) in [4.78, 5) is 8.92. The van der Waals surface area contributed by atoms with Crippen LogP contribution in [0.25, 0.3) is 22.2 Å². The molecule has 1 atom stereocenters. The summed E-state index contributed by atoms with van der Waals surface area (Å²) in [5.74, 6) is 2.98. The molecule has 0 amide bonds. The molecule has 5 rings (SSSR count). The molecule has 1 aliphatic carbocycles. The standard InChI is InChI=1S/C27H26ClFN2O/c1-17(14-27-31-16-26(32-27)20-6-8-21(28)9-7-20)18-2-4-19(5-3-18)23-12-13-30-25-11-10-22(29)15-24(23)25/h6-13,15-19H,2-5,14H2,1H3/t17-,18?,19?/m0/s1. The van der Waals surface area contributed by atoms with Crippen molar-refractivity contribution in [2.45, 2.75) is 44.9 Å². The number of hydrogen-bond donors (Lipinski definition) is 0. The lowest BCUT2D eigenvalue weighted by Gasteiger charge is -2.32. The minimum atomic E-state index is -0.196. The van der Waals surface area contributed by atoms with Gasteiger partial charge in [0.1, 0.15) is 5.82 Å². The van der Waals surface area contributed by atoms with E-state index in [9.17, 15) is 4.39 Å². The van der Waals surface area contributed by atoms with Crippen LogP contribution in [-0.4, -0.2) is 9.97 Å². The lowest BCUT2D eigenvalue weighted by molar-refractivity contribution is 0.235. The number of oxazole rings is 1. The van der Waals surface area contributed by atoms with Crippen molar-refractivity contribution in [2.24, 2.45) is 11.8 Å². The predicted molar refractivity (Wildman–Crippen MR) is 126 cm³/mol. The molecule has 0 unspecified atom stereocenters. The average molecular weight is 449 g/mol. The van der Waals surface area contributed by atoms with Crippen molar-refractivity contribution in [3.05, 3.63) is 83.2 Å². The van der Waals surface area contributed by atoms with Gasteiger partial charge in [-0.25, -0.2) is 9.37 Å². The highest BCUT2D eigenvalue weighted by molar-refractivity contribution is 6.30. The Morgan fingerprint density at radius 3 is 2.59 bits per heavy atom. The Balaban J connectivity index is 1.22. The molecule has 0 spiro atoms. The van der Waals surface area contributed by atoms with E-state index in [1.54, 1.807) is 18.3 Å². The third-order valence-corrected chi connectivity index (χ3v) is 7.18. The van der Waals surface area contributed by atoms with E-state index in [4.69, 9.17) is 16.0 Å². The molecule has 164 valence electrons. The Morgan fingerprint density at radius 1 is 1.03 bits per heavy atom. The fraction of sp³-hybridized carbons (Fsp3) is 0.333. The summed E-state index contributed by atoms with van der Waals surface area (Å²) in [6.45, 7) is 2.30. The maximum atomic E-state index is 13.8. The summed E-state index contributed by atoms with van der Waals surface area (Å²) in [5.41, 5.74) is 3.10. The molecule has 1 aliphatic rings. The van der Waals surface area contributed by atoms with Crippen LogP contribution >= 0.6 is 11.6 Å². The van der Waals surface area contributed by atoms with Crippen molar-refractivity contribution in [3.8, 4) is 11.3 Å². The monoisotopic (exact) mass is 448 g/mol. The molecule has 3 nitrogen and oxygen atoms in total. The zero-order valence-corrected chi connectivity index (χ0v) is 18.9. The molecule has 2 aromatic heterocycles. The van der Waals surface area contributed by atoms with Crippen molar-refractivity contribution < 1.29 is 8.81 Å². The first kappa shape index (κ1) is 21.1. The third kappa shape index (κ3) is 4.42. The topological polar surface area (TPSA) is 38.9 Å². The van der Waals surface area contributed by atoms with Crippen LogP contribution in [0.4, 0.5) is 4.39 Å². The van der Waals surface area contributed by atoms with Crippen LogP contribution in [0.2, 0.25) is 5.02 Å². The Kier molecular flexibility index (Phi) is 5.97. The average Bonchev–Trinajstić information content (AvgIpc) is 3.27. The van der Waals surface area contributed by atoms with Gasteiger partial charge < -0.3 is 4.42 Å². The Bertz CT molecular complexity index is 1210. The molecule has 0 saturated heterocycles. The number of aromatic nitrogens is 2. The molecule has 0 radical (unpaired) electrons. The van der Waals surface area contributed by atoms with Crippen LogP contribution in [0.3, 0.4) is 0 Å². The van der Waals surface area contributed by atoms with E-state index in [0.29, 0.717) is 22.8 Å². The molecule has 2 heterocycles. The van der Waals surface area contributed by atoms with Gasteiger partial charge in [-0.2, -0.15) is 0 Å². The first-order chi connectivity index (χ1) is 15.6. The van der Waals surface area contributed by atoms with Crippen molar-refractivity contribution in [2.75, 3.05) is 0 Å². The van der Waals surface area contributed by atoms with Gasteiger partial charge in [0, 0.05) is 28.6 Å². The van der Waals surface area contributed by atoms with Crippen molar-refractivity contribution in [1.82, 2.24) is 9.97 Å². The van der Waals surface area contributed by atoms with E-state index in [1.807, 2.05) is 30.5 Å². The predicted octanol–water partition coefficient (Wildman–Crippen LogP) is 7.83. The zero-order chi connectivity index (χ0) is 22.1. The van der Waals surface area contributed by atoms with E-state index in [1.165, 1.54) is 11.6 Å². The van der Waals surface area contributed by atoms with Gasteiger partial charge in [0.2, 0.25) is 0 Å². The maximum Gasteiger partial charge on any atom is 0.195 e. The van der Waals surface area contributed by atoms with Crippen molar-refractivity contribution >= 4 is 22.5 Å². The first-order valence-electron chi connectivity index (χ1n) is 11.3. The van der Waals surface area contributed by atoms with E-state index < -0.39 is 0 Å². The number of hydrogen-bond acceptors (Lipinski definition) is 3. The molecule has 0 bridgehead atoms. The highest BCUT2D eigenvalue weighted by atomic mass is 35.5. The van der Waals surface area contributed by atoms with Crippen LogP contribution in [0.1, 0.15) is 50.0 Å². The Hall–Kier alpha value is -2.72. The molecular formula is C27H26ClFN2O. The van der Waals surface area contributed by atoms with Gasteiger partial charge in [0.05, 0.1) is 11.7 Å². The number of rotatable bonds is 5. The van der Waals surface area contributed by atoms with Gasteiger partial charge >= 0.3 is 0 Å². The lowest BCUT2D eigenvalue weighted by atomic mass is 9.73. The molecule has 1 saturated carbocycles. The van der Waals surface area contributed by atoms with Crippen LogP contribution in [0.5, 0.6) is 0 Å². The van der Waals surface area contributed by atoms with Gasteiger partial charge in [0.25, 0.3) is 0 Å². The summed E-state index contributed by atoms with van der Waals surface area (Å²) in [7, 11) is 0. The van der Waals surface area contributed by atoms with E-state index in [0.717, 1.165) is 60.2 Å². The first-order valence-corrected chi connectivity index (χ1v) is 11.7. The maximum absolute atomic E-state index is 13.8. The normalized spacial score (nSPS) is 19.8. The number of halogens is 2. The van der Waals surface area contributed by atoms with Crippen LogP contribution in [0.15, 0.2) is 65.3 Å². The number of benzene rings is 2. The SMILES string of the molecule is C[C@@H](Cc1ncc(-c2ccc(Cl)cc2)o1)C1CCC(c2ccnc3ccc(F)cc23)CC1. The van der Waals surface area contributed by atoms with E-state index in [2.05, 4.69) is 23.0 Å². The molecule has 4 aromatic rings. The smallest absolute Gasteiger partial charge is 0.195 e. The summed E-state index contributed by atoms with van der Waals surface area (Å²) in [6, 6.07) is 14.6. The molecule has 5 heteroatoms. The van der Waals surface area contributed by atoms with E-state index >= 15 is 0 Å². The molecule has 0 N–H and O–H groups in total. The summed E-state index contributed by atoms with van der Waals surface area (Å²) >= 11 is 5.98. The van der Waals surface area contributed by atoms with Crippen LogP contribution in [0, 0.1) is 17.7 Å². The minimum Gasteiger partial charge on any atom is -0.441 e. The molecule has 0 aliphatic heterocycles. The highest BCUT2D eigenvalue weighted by Gasteiger charge is 2.28. The summed E-state index contributed by atoms with van der Waals surface area (Å²) < 4.78 is 19.9. The van der Waals surface area contributed by atoms with Gasteiger partial charge in [-0.1, -0.05) is 18.5 Å². The summed E-state index contributed by atoms with van der Waals surface area (Å²) in [5, 5.41) is 1.67. The van der Waals surface area contributed by atoms with Crippen LogP contribution in [-0.2, 0) is 6.42 Å². The van der Waals surface area contributed by atoms with Crippen molar-refractivity contribution in [1.29, 1.82) is 0 Å². The molecule has 32 heavy (non-hydrogen) atoms. The second kappa shape index (κ2) is 9.03. The summed E-state index contributed by atoms with van der Waals surface area (Å²) in [6.07, 6.45) is 9.05. The molecule has 1 fully saturated rings. The Labute approximate surface area is 192 Å². The van der Waals surface area contributed by atoms with Gasteiger partial charge in [-0.05, 0) is 97.5 Å².